The van der Waals surface area contributed by atoms with E-state index < -0.39 is 93.2 Å². The van der Waals surface area contributed by atoms with Crippen LogP contribution in [-0.2, 0) is 88.8 Å². The fourth-order valence-electron chi connectivity index (χ4n) is 11.2. The zero-order chi connectivity index (χ0) is 98.7. The summed E-state index contributed by atoms with van der Waals surface area (Å²) in [5, 5.41) is 19.6. The smallest absolute Gasteiger partial charge is 0.768 e. The molecule has 9 heterocycles. The van der Waals surface area contributed by atoms with Crippen LogP contribution in [0, 0.1) is 38.2 Å². The van der Waals surface area contributed by atoms with Gasteiger partial charge in [0.1, 0.15) is 23.3 Å². The standard InChI is InChI=1S/C19H20N4O3S.C18H23BN2O4S.C12H24B2O4.C12H11BrN2O2S.C7H6BrClO2S.C7H7BrO2S.C7H9ClN2O.C5H5IN2.Na/c1-12-8-14(27(25,26)15-5-7-17(20)21-11-15)4-6-16(12)18-22-9-13(10-23-18)19(2,3)24;1-12-10-13(26(22,23)14-7-9-16(20)21-11-14)6-8-15(12)19-24-17(2,3)18(4,5)25-19;1-9(2)10(3,4)16-13(15-9)14-17-11(5,6)12(7,8)18-14;1-8-6-9(2-4-11(8)13)18(16,17)10-3-5-12(14)15-7-10;1-5-4-6(12(9,10)11)2-3-7(5)8;1-5-4-6(11(9)10)2-3-7(5)8;1-7(2,11)5-3-9-6(8)10-4-5;6-4-1-2-5(7)8-3-4;/h4-11,24H,1-3H3,(H2,20,21);6-11H,1-5H3,(H2,20,21);1-8H3;2-7H,1H3,(H2,14,15);2-4H,1H3;2-4H,1H3,(H,9,10);3-4,11H,1-2H3;1-3H,(H2,7,8);/q;;;;;;;;+1/p-1. The van der Waals surface area contributed by atoms with Crippen LogP contribution < -0.4 is 58.0 Å². The second-order valence-electron chi connectivity index (χ2n) is 34.1. The summed E-state index contributed by atoms with van der Waals surface area (Å²) in [6, 6.07) is 36.6. The van der Waals surface area contributed by atoms with Gasteiger partial charge in [0.15, 0.2) is 5.82 Å². The van der Waals surface area contributed by atoms with E-state index >= 15 is 0 Å². The average Bonchev–Trinajstić information content (AvgIpc) is 1.60. The number of benzene rings is 5. The summed E-state index contributed by atoms with van der Waals surface area (Å²) in [4.78, 5) is 32.8. The number of halogens is 6. The van der Waals surface area contributed by atoms with E-state index in [1.165, 1.54) is 85.6 Å². The average molecular weight is 2260 g/mol. The third-order valence-corrected chi connectivity index (χ3v) is 32.1. The molecule has 0 radical (unpaired) electrons. The minimum Gasteiger partial charge on any atom is -0.768 e. The number of rotatable bonds is 13. The number of aliphatic hydroxyl groups is 2. The Morgan fingerprint density at radius 1 is 0.402 bits per heavy atom. The summed E-state index contributed by atoms with van der Waals surface area (Å²) in [6.07, 6.45) is 11.6. The van der Waals surface area contributed by atoms with Gasteiger partial charge in [-0.2, -0.15) is 0 Å². The van der Waals surface area contributed by atoms with E-state index in [0.717, 1.165) is 50.3 Å². The van der Waals surface area contributed by atoms with Crippen LogP contribution in [0.4, 0.5) is 23.3 Å². The molecule has 0 spiro atoms. The zero-order valence-electron chi connectivity index (χ0n) is 76.8. The number of hydrogen-bond donors (Lipinski definition) is 6. The van der Waals surface area contributed by atoms with Gasteiger partial charge in [-0.1, -0.05) is 59.4 Å². The number of anilines is 4. The Labute approximate surface area is 847 Å². The van der Waals surface area contributed by atoms with Crippen molar-refractivity contribution in [2.75, 3.05) is 22.9 Å². The van der Waals surface area contributed by atoms with Crippen LogP contribution in [0.3, 0.4) is 0 Å². The molecule has 0 saturated carbocycles. The van der Waals surface area contributed by atoms with E-state index in [9.17, 15) is 52.6 Å². The van der Waals surface area contributed by atoms with Crippen LogP contribution in [-0.4, -0.2) is 147 Å². The second kappa shape index (κ2) is 45.9. The molecule has 0 amide bonds. The maximum atomic E-state index is 12.8. The Kier molecular flexibility index (Phi) is 39.8. The van der Waals surface area contributed by atoms with Gasteiger partial charge in [-0.15, -0.1) is 0 Å². The Balaban J connectivity index is 0.000000239. The van der Waals surface area contributed by atoms with E-state index in [0.29, 0.717) is 39.0 Å². The van der Waals surface area contributed by atoms with Crippen molar-refractivity contribution in [1.82, 2.24) is 39.9 Å². The number of pyridine rings is 4. The van der Waals surface area contributed by atoms with E-state index in [4.69, 9.17) is 73.1 Å². The van der Waals surface area contributed by atoms with E-state index in [1.54, 1.807) is 139 Å². The fraction of sp³-hybridized carbons (Fsp3) is 0.333. The molecule has 0 aliphatic carbocycles. The van der Waals surface area contributed by atoms with Crippen LogP contribution >= 0.6 is 92.7 Å². The molecule has 702 valence electrons. The first-order valence-electron chi connectivity index (χ1n) is 39.8. The molecule has 0 bridgehead atoms. The van der Waals surface area contributed by atoms with Gasteiger partial charge in [-0.3, -0.25) is 4.21 Å². The summed E-state index contributed by atoms with van der Waals surface area (Å²) in [7, 11) is -10.8. The third kappa shape index (κ3) is 30.8. The second-order valence-corrected chi connectivity index (χ2v) is 47.6. The van der Waals surface area contributed by atoms with Gasteiger partial charge in [0.2, 0.25) is 34.8 Å². The zero-order valence-corrected chi connectivity index (χ0v) is 91.3. The molecule has 3 aliphatic heterocycles. The topological polar surface area (TPSA) is 480 Å². The Morgan fingerprint density at radius 3 is 1.00 bits per heavy atom. The maximum absolute atomic E-state index is 12.8. The molecular formula is C87H104B3Br3Cl2IN12NaO18S5. The first kappa shape index (κ1) is 114. The van der Waals surface area contributed by atoms with E-state index in [2.05, 4.69) is 110 Å². The van der Waals surface area contributed by atoms with Gasteiger partial charge < -0.3 is 65.6 Å². The predicted octanol–water partition coefficient (Wildman–Crippen LogP) is 13.7. The van der Waals surface area contributed by atoms with Crippen LogP contribution in [0.2, 0.25) is 5.28 Å². The molecule has 3 aliphatic rings. The van der Waals surface area contributed by atoms with E-state index in [1.807, 2.05) is 110 Å². The monoisotopic (exact) mass is 2250 g/mol. The summed E-state index contributed by atoms with van der Waals surface area (Å²) >= 11 is 15.4. The Morgan fingerprint density at radius 2 is 0.697 bits per heavy atom. The normalized spacial score (nSPS) is 15.8. The summed E-state index contributed by atoms with van der Waals surface area (Å²) in [5.74, 6) is 1.85. The fourth-order valence-corrected chi connectivity index (χ4v) is 17.6. The molecule has 1 atom stereocenters. The van der Waals surface area contributed by atoms with Gasteiger partial charge in [0.05, 0.1) is 79.1 Å². The van der Waals surface area contributed by atoms with Crippen molar-refractivity contribution in [2.24, 2.45) is 0 Å². The Bertz CT molecular complexity index is 6260. The molecule has 14 rings (SSSR count). The first-order valence-corrected chi connectivity index (χ1v) is 51.4. The number of nitrogens with two attached hydrogens (primary N) is 4. The Hall–Kier alpha value is -6.41. The largest absolute Gasteiger partial charge is 1.00 e. The van der Waals surface area contributed by atoms with Crippen molar-refractivity contribution in [3.8, 4) is 11.4 Å². The molecule has 1 unspecified atom stereocenters. The third-order valence-electron chi connectivity index (χ3n) is 21.4. The van der Waals surface area contributed by atoms with Crippen molar-refractivity contribution in [3.05, 3.63) is 250 Å². The number of nitrogens with zero attached hydrogens (tertiary/aromatic N) is 8. The molecule has 6 aromatic heterocycles. The van der Waals surface area contributed by atoms with Gasteiger partial charge in [0.25, 0.3) is 9.05 Å². The minimum atomic E-state index is -3.70. The quantitative estimate of drug-likeness (QED) is 0.0205. The van der Waals surface area contributed by atoms with E-state index in [-0.39, 0.29) is 103 Å². The summed E-state index contributed by atoms with van der Waals surface area (Å²) < 4.78 is 158. The van der Waals surface area contributed by atoms with Crippen LogP contribution in [0.25, 0.3) is 11.4 Å². The van der Waals surface area contributed by atoms with Crippen LogP contribution in [0.1, 0.15) is 150 Å². The molecular weight excluding hydrogens is 2150 g/mol. The van der Waals surface area contributed by atoms with Crippen molar-refractivity contribution >= 4 is 192 Å². The molecule has 5 aromatic carbocycles. The molecule has 10 N–H and O–H groups in total. The van der Waals surface area contributed by atoms with Crippen molar-refractivity contribution < 1.29 is 110 Å². The molecule has 30 nitrogen and oxygen atoms in total. The van der Waals surface area contributed by atoms with Gasteiger partial charge in [-0.05, 0) is 352 Å². The van der Waals surface area contributed by atoms with Gasteiger partial charge >= 0.3 is 50.7 Å². The number of aromatic nitrogens is 8. The summed E-state index contributed by atoms with van der Waals surface area (Å²) in [6.45, 7) is 39.9. The summed E-state index contributed by atoms with van der Waals surface area (Å²) in [5.41, 5.74) is 24.4. The SMILES string of the molecule is CC(C)(O)c1cnc(Cl)nc1.CC1(C)OB(B2OC(C)(C)C(C)(C)O2)OC1(C)C.Cc1cc(S(=O)(=O)Cl)ccc1Br.Cc1cc(S(=O)(=O)c2ccc(N)nc2)ccc1-c1ncc(C(C)(C)O)cn1.Cc1cc(S(=O)(=O)c2ccc(N)nc2)ccc1B1OC(C)(C)C(C)(C)O1.Cc1cc(S(=O)(=O)c2ccc(N)nc2)ccc1Br.Cc1cc(S(=O)[O-])ccc1Br.Nc1ccc(I)cn1.[Na+]. The number of nitrogen functional groups attached to an aromatic ring is 4. The molecule has 11 aromatic rings. The molecule has 45 heteroatoms. The number of hydrogen-bond acceptors (Lipinski definition) is 30. The molecule has 3 fully saturated rings. The van der Waals surface area contributed by atoms with Gasteiger partial charge in [-0.25, -0.2) is 73.5 Å². The van der Waals surface area contributed by atoms with Crippen molar-refractivity contribution in [1.29, 1.82) is 0 Å². The minimum absolute atomic E-state index is 0. The van der Waals surface area contributed by atoms with Crippen molar-refractivity contribution in [3.63, 3.8) is 0 Å². The predicted molar refractivity (Wildman–Crippen MR) is 529 cm³/mol. The number of sulfone groups is 3. The van der Waals surface area contributed by atoms with Gasteiger partial charge in [0, 0.05) is 98.8 Å². The van der Waals surface area contributed by atoms with Crippen molar-refractivity contribution in [2.45, 2.75) is 229 Å². The van der Waals surface area contributed by atoms with Crippen LogP contribution in [0.15, 0.2) is 242 Å². The number of aryl methyl sites for hydroxylation is 5. The molecule has 132 heavy (non-hydrogen) atoms. The van der Waals surface area contributed by atoms with Crippen LogP contribution in [0.5, 0.6) is 0 Å². The maximum Gasteiger partial charge on any atom is 1.00 e. The first-order chi connectivity index (χ1) is 60.1. The molecule has 3 saturated heterocycles.